The molecule has 31 heavy (non-hydrogen) atoms. The van der Waals surface area contributed by atoms with Crippen LogP contribution in [0.25, 0.3) is 11.3 Å². The summed E-state index contributed by atoms with van der Waals surface area (Å²) in [4.78, 5) is 26.2. The number of nitrogens with one attached hydrogen (secondary N) is 1. The fraction of sp³-hybridized carbons (Fsp3) is 0.421. The van der Waals surface area contributed by atoms with Gasteiger partial charge in [0.15, 0.2) is 0 Å². The number of urea groups is 1. The molecule has 0 radical (unpaired) electrons. The van der Waals surface area contributed by atoms with Crippen LogP contribution < -0.4 is 11.1 Å². The van der Waals surface area contributed by atoms with Gasteiger partial charge in [0.1, 0.15) is 11.5 Å². The molecule has 1 aromatic carbocycles. The summed E-state index contributed by atoms with van der Waals surface area (Å²) in [7, 11) is 0. The predicted molar refractivity (Wildman–Crippen MR) is 104 cm³/mol. The van der Waals surface area contributed by atoms with Crippen molar-refractivity contribution in [2.24, 2.45) is 5.73 Å². The number of nitrogens with zero attached hydrogens (tertiary/aromatic N) is 3. The third-order valence-corrected chi connectivity index (χ3v) is 5.77. The van der Waals surface area contributed by atoms with Gasteiger partial charge in [-0.3, -0.25) is 9.48 Å². The monoisotopic (exact) mass is 457 g/mol. The number of amides is 3. The Morgan fingerprint density at radius 1 is 1.35 bits per heavy atom. The molecule has 2 aromatic rings. The van der Waals surface area contributed by atoms with E-state index in [1.54, 1.807) is 0 Å². The zero-order valence-corrected chi connectivity index (χ0v) is 16.9. The van der Waals surface area contributed by atoms with Crippen molar-refractivity contribution in [3.05, 3.63) is 40.3 Å². The summed E-state index contributed by atoms with van der Waals surface area (Å²) >= 11 is 5.85. The average molecular weight is 458 g/mol. The maximum atomic E-state index is 13.6. The minimum Gasteiger partial charge on any atom is -0.394 e. The maximum absolute atomic E-state index is 13.6. The molecule has 4 rings (SSSR count). The Hall–Kier alpha value is -2.79. The van der Waals surface area contributed by atoms with Crippen molar-refractivity contribution in [1.29, 1.82) is 0 Å². The van der Waals surface area contributed by atoms with Crippen LogP contribution in [-0.4, -0.2) is 56.8 Å². The molecule has 2 heterocycles. The Morgan fingerprint density at radius 2 is 2.06 bits per heavy atom. The Kier molecular flexibility index (Phi) is 5.34. The fourth-order valence-electron chi connectivity index (χ4n) is 3.92. The first-order valence-electron chi connectivity index (χ1n) is 9.50. The Bertz CT molecular complexity index is 1050. The van der Waals surface area contributed by atoms with Gasteiger partial charge in [0.05, 0.1) is 35.5 Å². The second-order valence-corrected chi connectivity index (χ2v) is 8.14. The van der Waals surface area contributed by atoms with Crippen molar-refractivity contribution in [2.45, 2.75) is 37.4 Å². The van der Waals surface area contributed by atoms with E-state index in [1.807, 2.05) is 0 Å². The quantitative estimate of drug-likeness (QED) is 0.653. The van der Waals surface area contributed by atoms with Crippen molar-refractivity contribution in [1.82, 2.24) is 20.0 Å². The molecule has 0 unspecified atom stereocenters. The first kappa shape index (κ1) is 21.4. The number of carbonyl (C=O) groups excluding carboxylic acids is 2. The Labute approximate surface area is 179 Å². The summed E-state index contributed by atoms with van der Waals surface area (Å²) in [5, 5.41) is 16.6. The van der Waals surface area contributed by atoms with Crippen molar-refractivity contribution in [2.75, 3.05) is 13.2 Å². The highest BCUT2D eigenvalue weighted by Gasteiger charge is 2.46. The number of nitrogens with two attached hydrogens (primary N) is 1. The highest BCUT2D eigenvalue weighted by molar-refractivity contribution is 6.31. The first-order chi connectivity index (χ1) is 14.6. The molecule has 1 aliphatic carbocycles. The van der Waals surface area contributed by atoms with E-state index in [0.717, 1.165) is 6.07 Å². The summed E-state index contributed by atoms with van der Waals surface area (Å²) < 4.78 is 41.1. The van der Waals surface area contributed by atoms with E-state index in [1.165, 1.54) is 21.7 Å². The van der Waals surface area contributed by atoms with Gasteiger partial charge < -0.3 is 21.1 Å². The topological polar surface area (TPSA) is 113 Å². The van der Waals surface area contributed by atoms with Gasteiger partial charge in [-0.1, -0.05) is 11.6 Å². The standard InChI is InChI=1S/C19H19ClF3N5O3/c20-12-3-9(1-2-13(12)21)16-15(17(24)30)14-7-27(6-11(8-29)28(14)26-16)18(31)25-10-4-19(22,23)5-10/h1-3,10-11,29H,4-8H2,(H2,24,30)(H,25,31)/t11-/m1/s1. The first-order valence-corrected chi connectivity index (χ1v) is 9.88. The zero-order chi connectivity index (χ0) is 22.5. The Balaban J connectivity index is 1.67. The minimum atomic E-state index is -2.78. The van der Waals surface area contributed by atoms with Crippen LogP contribution in [0.15, 0.2) is 18.2 Å². The smallest absolute Gasteiger partial charge is 0.318 e. The number of halogens is 4. The van der Waals surface area contributed by atoms with Gasteiger partial charge in [-0.05, 0) is 18.2 Å². The SMILES string of the molecule is NC(=O)c1c(-c2ccc(F)c(Cl)c2)nn2c1CN(C(=O)NC1CC(F)(F)C1)C[C@@H]2CO. The molecule has 1 aromatic heterocycles. The van der Waals surface area contributed by atoms with Crippen molar-refractivity contribution in [3.63, 3.8) is 0 Å². The second-order valence-electron chi connectivity index (χ2n) is 7.74. The summed E-state index contributed by atoms with van der Waals surface area (Å²) in [6, 6.07) is 1.88. The molecular weight excluding hydrogens is 439 g/mol. The number of hydrogen-bond acceptors (Lipinski definition) is 4. The average Bonchev–Trinajstić information content (AvgIpc) is 3.07. The molecule has 1 atom stereocenters. The summed E-state index contributed by atoms with van der Waals surface area (Å²) in [6.45, 7) is -0.435. The molecule has 1 aliphatic heterocycles. The van der Waals surface area contributed by atoms with Crippen LogP contribution in [0, 0.1) is 5.82 Å². The van der Waals surface area contributed by atoms with E-state index in [4.69, 9.17) is 17.3 Å². The number of rotatable bonds is 4. The third kappa shape index (κ3) is 3.94. The summed E-state index contributed by atoms with van der Waals surface area (Å²) in [5.74, 6) is -4.25. The number of aliphatic hydroxyl groups excluding tert-OH is 1. The molecule has 4 N–H and O–H groups in total. The van der Waals surface area contributed by atoms with E-state index in [0.29, 0.717) is 5.56 Å². The molecule has 0 saturated heterocycles. The lowest BCUT2D eigenvalue weighted by molar-refractivity contribution is -0.0904. The molecular formula is C19H19ClF3N5O3. The van der Waals surface area contributed by atoms with Crippen LogP contribution >= 0.6 is 11.6 Å². The lowest BCUT2D eigenvalue weighted by Crippen LogP contribution is -2.55. The summed E-state index contributed by atoms with van der Waals surface area (Å²) in [5.41, 5.74) is 6.34. The third-order valence-electron chi connectivity index (χ3n) is 5.48. The van der Waals surface area contributed by atoms with E-state index in [-0.39, 0.29) is 35.1 Å². The van der Waals surface area contributed by atoms with Crippen LogP contribution in [0.5, 0.6) is 0 Å². The normalized spacial score (nSPS) is 20.2. The summed E-state index contributed by atoms with van der Waals surface area (Å²) in [6.07, 6.45) is -0.869. The highest BCUT2D eigenvalue weighted by atomic mass is 35.5. The van der Waals surface area contributed by atoms with Crippen molar-refractivity contribution < 1.29 is 27.9 Å². The number of primary amides is 1. The van der Waals surface area contributed by atoms with Gasteiger partial charge in [0.2, 0.25) is 0 Å². The molecule has 0 bridgehead atoms. The highest BCUT2D eigenvalue weighted by Crippen LogP contribution is 2.38. The van der Waals surface area contributed by atoms with E-state index in [9.17, 15) is 27.9 Å². The van der Waals surface area contributed by atoms with Crippen LogP contribution in [0.4, 0.5) is 18.0 Å². The predicted octanol–water partition coefficient (Wildman–Crippen LogP) is 2.30. The number of alkyl halides is 2. The molecule has 166 valence electrons. The molecule has 8 nitrogen and oxygen atoms in total. The lowest BCUT2D eigenvalue weighted by Gasteiger charge is -2.38. The minimum absolute atomic E-state index is 0.00815. The van der Waals surface area contributed by atoms with E-state index in [2.05, 4.69) is 10.4 Å². The van der Waals surface area contributed by atoms with Crippen LogP contribution in [0.3, 0.4) is 0 Å². The molecule has 1 saturated carbocycles. The number of aromatic nitrogens is 2. The molecule has 2 aliphatic rings. The van der Waals surface area contributed by atoms with Crippen LogP contribution in [-0.2, 0) is 6.54 Å². The number of benzene rings is 1. The maximum Gasteiger partial charge on any atom is 0.318 e. The van der Waals surface area contributed by atoms with Gasteiger partial charge in [-0.2, -0.15) is 5.10 Å². The number of fused-ring (bicyclic) bond motifs is 1. The van der Waals surface area contributed by atoms with Gasteiger partial charge >= 0.3 is 6.03 Å². The van der Waals surface area contributed by atoms with Gasteiger partial charge in [0.25, 0.3) is 11.8 Å². The van der Waals surface area contributed by atoms with Crippen molar-refractivity contribution >= 4 is 23.5 Å². The van der Waals surface area contributed by atoms with E-state index < -0.39 is 55.2 Å². The fourth-order valence-corrected chi connectivity index (χ4v) is 4.10. The number of hydrogen-bond donors (Lipinski definition) is 3. The molecule has 12 heteroatoms. The number of carbonyl (C=O) groups is 2. The van der Waals surface area contributed by atoms with Crippen molar-refractivity contribution in [3.8, 4) is 11.3 Å². The molecule has 1 fully saturated rings. The largest absolute Gasteiger partial charge is 0.394 e. The lowest BCUT2D eigenvalue weighted by atomic mass is 9.88. The Morgan fingerprint density at radius 3 is 2.65 bits per heavy atom. The molecule has 3 amide bonds. The number of aliphatic hydroxyl groups is 1. The van der Waals surface area contributed by atoms with Gasteiger partial charge in [-0.15, -0.1) is 0 Å². The zero-order valence-electron chi connectivity index (χ0n) is 16.1. The van der Waals surface area contributed by atoms with Crippen LogP contribution in [0.2, 0.25) is 5.02 Å². The van der Waals surface area contributed by atoms with Gasteiger partial charge in [0, 0.05) is 31.0 Å². The van der Waals surface area contributed by atoms with Gasteiger partial charge in [-0.25, -0.2) is 18.0 Å². The molecule has 0 spiro atoms. The van der Waals surface area contributed by atoms with E-state index >= 15 is 0 Å². The van der Waals surface area contributed by atoms with Crippen LogP contribution in [0.1, 0.15) is 34.9 Å². The second kappa shape index (κ2) is 7.72.